The molecule has 0 fully saturated rings. The number of hydrogen-bond donors (Lipinski definition) is 1. The highest BCUT2D eigenvalue weighted by Crippen LogP contribution is 2.22. The Labute approximate surface area is 96.1 Å². The predicted octanol–water partition coefficient (Wildman–Crippen LogP) is 2.89. The van der Waals surface area contributed by atoms with Gasteiger partial charge in [-0.15, -0.1) is 0 Å². The lowest BCUT2D eigenvalue weighted by molar-refractivity contribution is 0.328. The second kappa shape index (κ2) is 6.28. The molecule has 0 saturated heterocycles. The molecular formula is C13H18FNO. The predicted molar refractivity (Wildman–Crippen MR) is 64.1 cm³/mol. The van der Waals surface area contributed by atoms with Crippen molar-refractivity contribution in [1.29, 1.82) is 0 Å². The van der Waals surface area contributed by atoms with Gasteiger partial charge in [0.25, 0.3) is 0 Å². The topological polar surface area (TPSA) is 21.3 Å². The second-order valence-electron chi connectivity index (χ2n) is 3.75. The lowest BCUT2D eigenvalue weighted by atomic mass is 10.2. The molecule has 2 nitrogen and oxygen atoms in total. The number of ether oxygens (including phenoxy) is 1. The minimum atomic E-state index is -0.323. The molecule has 88 valence electrons. The normalized spacial score (nSPS) is 10.2. The first-order valence-electron chi connectivity index (χ1n) is 5.40. The van der Waals surface area contributed by atoms with Crippen molar-refractivity contribution in [2.75, 3.05) is 13.2 Å². The van der Waals surface area contributed by atoms with Crippen LogP contribution in [-0.4, -0.2) is 13.2 Å². The molecule has 1 aromatic rings. The van der Waals surface area contributed by atoms with Crippen molar-refractivity contribution in [3.63, 3.8) is 0 Å². The fraction of sp³-hybridized carbons (Fsp3) is 0.385. The maximum atomic E-state index is 13.5. The molecule has 1 aromatic carbocycles. The Balaban J connectivity index is 2.80. The van der Waals surface area contributed by atoms with Gasteiger partial charge in [0.1, 0.15) is 6.61 Å². The number of benzene rings is 1. The summed E-state index contributed by atoms with van der Waals surface area (Å²) in [6.07, 6.45) is 0. The molecule has 16 heavy (non-hydrogen) atoms. The van der Waals surface area contributed by atoms with Crippen LogP contribution < -0.4 is 10.1 Å². The first-order chi connectivity index (χ1) is 7.65. The van der Waals surface area contributed by atoms with Crippen molar-refractivity contribution in [3.05, 3.63) is 41.7 Å². The fourth-order valence-electron chi connectivity index (χ4n) is 1.31. The van der Waals surface area contributed by atoms with E-state index in [1.807, 2.05) is 19.9 Å². The molecule has 0 aliphatic rings. The van der Waals surface area contributed by atoms with Gasteiger partial charge in [-0.1, -0.05) is 25.6 Å². The van der Waals surface area contributed by atoms with Gasteiger partial charge in [0.15, 0.2) is 11.6 Å². The van der Waals surface area contributed by atoms with Crippen LogP contribution in [0, 0.1) is 5.82 Å². The monoisotopic (exact) mass is 223 g/mol. The molecule has 0 aromatic heterocycles. The van der Waals surface area contributed by atoms with E-state index < -0.39 is 0 Å². The molecule has 0 aliphatic heterocycles. The van der Waals surface area contributed by atoms with E-state index in [2.05, 4.69) is 11.9 Å². The molecule has 0 radical (unpaired) electrons. The largest absolute Gasteiger partial charge is 0.486 e. The maximum Gasteiger partial charge on any atom is 0.165 e. The highest BCUT2D eigenvalue weighted by atomic mass is 19.1. The van der Waals surface area contributed by atoms with Crippen molar-refractivity contribution < 1.29 is 9.13 Å². The quantitative estimate of drug-likeness (QED) is 0.749. The van der Waals surface area contributed by atoms with E-state index in [0.717, 1.165) is 17.7 Å². The van der Waals surface area contributed by atoms with Crippen molar-refractivity contribution in [3.8, 4) is 5.75 Å². The summed E-state index contributed by atoms with van der Waals surface area (Å²) in [5.41, 5.74) is 1.71. The van der Waals surface area contributed by atoms with E-state index in [1.54, 1.807) is 6.07 Å². The van der Waals surface area contributed by atoms with E-state index in [0.29, 0.717) is 18.9 Å². The molecule has 1 rings (SSSR count). The molecule has 0 amide bonds. The lowest BCUT2D eigenvalue weighted by Crippen LogP contribution is -2.13. The fourth-order valence-corrected chi connectivity index (χ4v) is 1.31. The Morgan fingerprint density at radius 1 is 1.50 bits per heavy atom. The number of hydrogen-bond acceptors (Lipinski definition) is 2. The summed E-state index contributed by atoms with van der Waals surface area (Å²) in [5.74, 6) is 0.00287. The summed E-state index contributed by atoms with van der Waals surface area (Å²) in [6, 6.07) is 4.96. The molecule has 0 heterocycles. The average Bonchev–Trinajstić information content (AvgIpc) is 2.24. The molecular weight excluding hydrogens is 205 g/mol. The average molecular weight is 223 g/mol. The van der Waals surface area contributed by atoms with Gasteiger partial charge in [-0.25, -0.2) is 4.39 Å². The SMILES string of the molecule is C=C(C)COc1c(F)cccc1CNCC. The minimum Gasteiger partial charge on any atom is -0.486 e. The third-order valence-corrected chi connectivity index (χ3v) is 2.08. The summed E-state index contributed by atoms with van der Waals surface area (Å²) < 4.78 is 19.0. The number of para-hydroxylation sites is 1. The van der Waals surface area contributed by atoms with Crippen LogP contribution in [0.15, 0.2) is 30.4 Å². The van der Waals surface area contributed by atoms with Gasteiger partial charge in [0.2, 0.25) is 0 Å². The van der Waals surface area contributed by atoms with Gasteiger partial charge in [-0.2, -0.15) is 0 Å². The molecule has 0 atom stereocenters. The summed E-state index contributed by atoms with van der Waals surface area (Å²) in [4.78, 5) is 0. The first kappa shape index (κ1) is 12.7. The smallest absolute Gasteiger partial charge is 0.165 e. The summed E-state index contributed by atoms with van der Waals surface area (Å²) >= 11 is 0. The number of rotatable bonds is 6. The van der Waals surface area contributed by atoms with E-state index in [9.17, 15) is 4.39 Å². The second-order valence-corrected chi connectivity index (χ2v) is 3.75. The minimum absolute atomic E-state index is 0.323. The van der Waals surface area contributed by atoms with Crippen LogP contribution in [0.4, 0.5) is 4.39 Å². The van der Waals surface area contributed by atoms with E-state index in [-0.39, 0.29) is 5.82 Å². The van der Waals surface area contributed by atoms with Gasteiger partial charge in [-0.05, 0) is 25.1 Å². The van der Waals surface area contributed by atoms with Crippen LogP contribution >= 0.6 is 0 Å². The Bertz CT molecular complexity index is 363. The maximum absolute atomic E-state index is 13.5. The van der Waals surface area contributed by atoms with Gasteiger partial charge in [0, 0.05) is 12.1 Å². The van der Waals surface area contributed by atoms with Crippen molar-refractivity contribution in [2.24, 2.45) is 0 Å². The zero-order valence-corrected chi connectivity index (χ0v) is 9.85. The van der Waals surface area contributed by atoms with Crippen molar-refractivity contribution in [1.82, 2.24) is 5.32 Å². The van der Waals surface area contributed by atoms with Crippen molar-refractivity contribution in [2.45, 2.75) is 20.4 Å². The Morgan fingerprint density at radius 3 is 2.88 bits per heavy atom. The zero-order chi connectivity index (χ0) is 12.0. The molecule has 0 spiro atoms. The van der Waals surface area contributed by atoms with E-state index >= 15 is 0 Å². The van der Waals surface area contributed by atoms with Crippen LogP contribution in [0.5, 0.6) is 5.75 Å². The number of halogens is 1. The Hall–Kier alpha value is -1.35. The molecule has 0 bridgehead atoms. The molecule has 0 aliphatic carbocycles. The number of nitrogens with one attached hydrogen (secondary N) is 1. The standard InChI is InChI=1S/C13H18FNO/c1-4-15-8-11-6-5-7-12(14)13(11)16-9-10(2)3/h5-7,15H,2,4,8-9H2,1,3H3. The first-order valence-corrected chi connectivity index (χ1v) is 5.40. The molecule has 0 unspecified atom stereocenters. The van der Waals surface area contributed by atoms with Crippen molar-refractivity contribution >= 4 is 0 Å². The van der Waals surface area contributed by atoms with Crippen LogP contribution in [0.2, 0.25) is 0 Å². The lowest BCUT2D eigenvalue weighted by Gasteiger charge is -2.12. The Morgan fingerprint density at radius 2 is 2.25 bits per heavy atom. The third-order valence-electron chi connectivity index (χ3n) is 2.08. The van der Waals surface area contributed by atoms with Crippen LogP contribution in [-0.2, 0) is 6.54 Å². The summed E-state index contributed by atoms with van der Waals surface area (Å²) in [6.45, 7) is 9.39. The van der Waals surface area contributed by atoms with Gasteiger partial charge < -0.3 is 10.1 Å². The summed E-state index contributed by atoms with van der Waals surface area (Å²) in [7, 11) is 0. The highest BCUT2D eigenvalue weighted by molar-refractivity contribution is 5.35. The Kier molecular flexibility index (Phi) is 4.99. The highest BCUT2D eigenvalue weighted by Gasteiger charge is 2.09. The van der Waals surface area contributed by atoms with Crippen LogP contribution in [0.1, 0.15) is 19.4 Å². The van der Waals surface area contributed by atoms with Crippen LogP contribution in [0.3, 0.4) is 0 Å². The van der Waals surface area contributed by atoms with E-state index in [4.69, 9.17) is 4.74 Å². The van der Waals surface area contributed by atoms with Gasteiger partial charge in [0.05, 0.1) is 0 Å². The van der Waals surface area contributed by atoms with E-state index in [1.165, 1.54) is 6.07 Å². The zero-order valence-electron chi connectivity index (χ0n) is 9.85. The molecule has 1 N–H and O–H groups in total. The third kappa shape index (κ3) is 3.66. The van der Waals surface area contributed by atoms with Gasteiger partial charge in [-0.3, -0.25) is 0 Å². The van der Waals surface area contributed by atoms with Gasteiger partial charge >= 0.3 is 0 Å². The molecule has 3 heteroatoms. The van der Waals surface area contributed by atoms with Crippen LogP contribution in [0.25, 0.3) is 0 Å². The molecule has 0 saturated carbocycles. The summed E-state index contributed by atoms with van der Waals surface area (Å²) in [5, 5.41) is 3.15.